The molecule has 0 saturated heterocycles. The lowest BCUT2D eigenvalue weighted by Crippen LogP contribution is -2.22. The van der Waals surface area contributed by atoms with Crippen LogP contribution in [0.2, 0.25) is 0 Å². The summed E-state index contributed by atoms with van der Waals surface area (Å²) in [5, 5.41) is 0. The Balaban J connectivity index is 1.41. The fraction of sp³-hybridized carbons (Fsp3) is 0.619. The average molecular weight is 350 g/mol. The average Bonchev–Trinajstić information content (AvgIpc) is 2.61. The molecule has 2 aliphatic rings. The number of fused-ring (bicyclic) bond motifs is 1. The van der Waals surface area contributed by atoms with Crippen LogP contribution in [0.15, 0.2) is 24.3 Å². The van der Waals surface area contributed by atoms with Gasteiger partial charge in [-0.1, -0.05) is 25.8 Å². The second kappa shape index (κ2) is 8.79. The zero-order valence-electron chi connectivity index (χ0n) is 15.0. The highest BCUT2D eigenvalue weighted by molar-refractivity contribution is 5.37. The van der Waals surface area contributed by atoms with E-state index in [2.05, 4.69) is 6.92 Å². The molecular weight excluding hydrogens is 322 g/mol. The maximum absolute atomic E-state index is 13.3. The maximum atomic E-state index is 13.3. The Kier molecular flexibility index (Phi) is 6.46. The van der Waals surface area contributed by atoms with E-state index in [0.29, 0.717) is 24.9 Å². The molecule has 1 aliphatic carbocycles. The Labute approximate surface area is 149 Å². The molecule has 1 heterocycles. The van der Waals surface area contributed by atoms with E-state index in [1.165, 1.54) is 31.7 Å². The molecule has 2 nitrogen and oxygen atoms in total. The number of benzene rings is 1. The lowest BCUT2D eigenvalue weighted by atomic mass is 9.85. The Morgan fingerprint density at radius 3 is 2.64 bits per heavy atom. The van der Waals surface area contributed by atoms with Gasteiger partial charge in [0.05, 0.1) is 12.7 Å². The highest BCUT2D eigenvalue weighted by Crippen LogP contribution is 2.31. The van der Waals surface area contributed by atoms with Crippen LogP contribution < -0.4 is 4.74 Å². The zero-order valence-corrected chi connectivity index (χ0v) is 15.0. The number of hydrogen-bond acceptors (Lipinski definition) is 2. The first-order valence-corrected chi connectivity index (χ1v) is 9.58. The van der Waals surface area contributed by atoms with Gasteiger partial charge in [-0.05, 0) is 62.1 Å². The van der Waals surface area contributed by atoms with Crippen LogP contribution in [0.3, 0.4) is 0 Å². The molecule has 4 heteroatoms. The topological polar surface area (TPSA) is 18.5 Å². The van der Waals surface area contributed by atoms with Gasteiger partial charge in [0, 0.05) is 6.07 Å². The Bertz CT molecular complexity index is 592. The van der Waals surface area contributed by atoms with Crippen molar-refractivity contribution in [3.63, 3.8) is 0 Å². The van der Waals surface area contributed by atoms with Gasteiger partial charge in [-0.25, -0.2) is 8.78 Å². The molecule has 1 aliphatic heterocycles. The van der Waals surface area contributed by atoms with E-state index in [0.717, 1.165) is 36.8 Å². The van der Waals surface area contributed by atoms with Gasteiger partial charge in [-0.2, -0.15) is 0 Å². The van der Waals surface area contributed by atoms with E-state index < -0.39 is 11.6 Å². The lowest BCUT2D eigenvalue weighted by molar-refractivity contribution is 0.0332. The van der Waals surface area contributed by atoms with Gasteiger partial charge >= 0.3 is 0 Å². The number of hydrogen-bond donors (Lipinski definition) is 0. The summed E-state index contributed by atoms with van der Waals surface area (Å²) < 4.78 is 38.3. The number of halogens is 2. The minimum absolute atomic E-state index is 0.0961. The Morgan fingerprint density at radius 1 is 1.12 bits per heavy atom. The fourth-order valence-corrected chi connectivity index (χ4v) is 3.92. The van der Waals surface area contributed by atoms with Crippen molar-refractivity contribution < 1.29 is 18.3 Å². The van der Waals surface area contributed by atoms with Crippen LogP contribution in [-0.2, 0) is 11.2 Å². The Hall–Kier alpha value is -1.42. The van der Waals surface area contributed by atoms with E-state index in [1.54, 1.807) is 0 Å². The van der Waals surface area contributed by atoms with Crippen molar-refractivity contribution in [3.8, 4) is 5.75 Å². The fourth-order valence-electron chi connectivity index (χ4n) is 3.92. The molecule has 0 radical (unpaired) electrons. The van der Waals surface area contributed by atoms with Crippen LogP contribution in [0.4, 0.5) is 8.78 Å². The van der Waals surface area contributed by atoms with Gasteiger partial charge in [0.1, 0.15) is 11.9 Å². The summed E-state index contributed by atoms with van der Waals surface area (Å²) in [6.45, 7) is 2.84. The van der Waals surface area contributed by atoms with E-state index >= 15 is 0 Å². The predicted octanol–water partition coefficient (Wildman–Crippen LogP) is 5.59. The maximum Gasteiger partial charge on any atom is 0.162 e. The van der Waals surface area contributed by atoms with Gasteiger partial charge < -0.3 is 9.47 Å². The molecule has 1 atom stereocenters. The van der Waals surface area contributed by atoms with Crippen LogP contribution in [0.25, 0.3) is 0 Å². The quantitative estimate of drug-likeness (QED) is 0.623. The minimum atomic E-state index is -0.856. The molecule has 0 spiro atoms. The molecule has 0 amide bonds. The second-order valence-electron chi connectivity index (χ2n) is 7.26. The zero-order chi connectivity index (χ0) is 17.6. The van der Waals surface area contributed by atoms with E-state index in [1.807, 2.05) is 12.2 Å². The van der Waals surface area contributed by atoms with Crippen molar-refractivity contribution in [2.24, 2.45) is 5.92 Å². The molecule has 138 valence electrons. The molecular formula is C21H28F2O2. The van der Waals surface area contributed by atoms with Crippen LogP contribution in [-0.4, -0.2) is 18.8 Å². The van der Waals surface area contributed by atoms with Crippen LogP contribution in [0, 0.1) is 17.6 Å². The third kappa shape index (κ3) is 5.04. The van der Waals surface area contributed by atoms with Gasteiger partial charge in [-0.3, -0.25) is 0 Å². The summed E-state index contributed by atoms with van der Waals surface area (Å²) in [4.78, 5) is 0. The smallest absolute Gasteiger partial charge is 0.162 e. The van der Waals surface area contributed by atoms with Crippen LogP contribution in [0.1, 0.15) is 57.4 Å². The molecule has 3 rings (SSSR count). The lowest BCUT2D eigenvalue weighted by Gasteiger charge is -2.28. The van der Waals surface area contributed by atoms with Gasteiger partial charge in [-0.15, -0.1) is 0 Å². The van der Waals surface area contributed by atoms with Crippen LogP contribution >= 0.6 is 0 Å². The first-order valence-electron chi connectivity index (χ1n) is 9.58. The molecule has 1 saturated carbocycles. The molecule has 25 heavy (non-hydrogen) atoms. The molecule has 1 unspecified atom stereocenters. The number of ether oxygens (including phenoxy) is 2. The van der Waals surface area contributed by atoms with Gasteiger partial charge in [0.25, 0.3) is 0 Å². The largest absolute Gasteiger partial charge is 0.486 e. The standard InChI is InChI=1S/C21H28F2O2/c1-2-4-15-6-9-17(10-7-15)24-12-3-5-18-11-8-16-13-19(22)20(23)14-21(16)25-18/h3,5,13-15,17-18H,2,4,6-12H2,1H3/b5-3+. The van der Waals surface area contributed by atoms with Crippen molar-refractivity contribution in [3.05, 3.63) is 41.5 Å². The summed E-state index contributed by atoms with van der Waals surface area (Å²) in [6, 6.07) is 2.39. The summed E-state index contributed by atoms with van der Waals surface area (Å²) in [6.07, 6.45) is 13.2. The van der Waals surface area contributed by atoms with Gasteiger partial charge in [0.15, 0.2) is 11.6 Å². The monoisotopic (exact) mass is 350 g/mol. The molecule has 1 aromatic carbocycles. The van der Waals surface area contributed by atoms with Crippen LogP contribution in [0.5, 0.6) is 5.75 Å². The summed E-state index contributed by atoms with van der Waals surface area (Å²) in [5.74, 6) is -0.319. The number of rotatable bonds is 6. The normalized spacial score (nSPS) is 26.4. The predicted molar refractivity (Wildman–Crippen MR) is 94.8 cm³/mol. The SMILES string of the molecule is CCCC1CCC(OC/C=C/C2CCc3cc(F)c(F)cc3O2)CC1. The van der Waals surface area contributed by atoms with Crippen molar-refractivity contribution in [2.45, 2.75) is 70.5 Å². The molecule has 1 aromatic rings. The third-order valence-electron chi connectivity index (χ3n) is 5.35. The summed E-state index contributed by atoms with van der Waals surface area (Å²) in [7, 11) is 0. The minimum Gasteiger partial charge on any atom is -0.486 e. The number of aryl methyl sites for hydroxylation is 1. The third-order valence-corrected chi connectivity index (χ3v) is 5.35. The van der Waals surface area contributed by atoms with Crippen molar-refractivity contribution in [1.29, 1.82) is 0 Å². The van der Waals surface area contributed by atoms with Crippen molar-refractivity contribution >= 4 is 0 Å². The second-order valence-corrected chi connectivity index (χ2v) is 7.26. The molecule has 0 aromatic heterocycles. The summed E-state index contributed by atoms with van der Waals surface area (Å²) in [5.41, 5.74) is 0.739. The van der Waals surface area contributed by atoms with E-state index in [-0.39, 0.29) is 6.10 Å². The molecule has 0 bridgehead atoms. The first-order chi connectivity index (χ1) is 12.2. The first kappa shape index (κ1) is 18.4. The molecule has 1 fully saturated rings. The van der Waals surface area contributed by atoms with Crippen molar-refractivity contribution in [2.75, 3.05) is 6.61 Å². The van der Waals surface area contributed by atoms with Crippen molar-refractivity contribution in [1.82, 2.24) is 0 Å². The molecule has 0 N–H and O–H groups in total. The van der Waals surface area contributed by atoms with E-state index in [4.69, 9.17) is 9.47 Å². The van der Waals surface area contributed by atoms with Gasteiger partial charge in [0.2, 0.25) is 0 Å². The highest BCUT2D eigenvalue weighted by atomic mass is 19.2. The van der Waals surface area contributed by atoms with E-state index in [9.17, 15) is 8.78 Å². The summed E-state index contributed by atoms with van der Waals surface area (Å²) >= 11 is 0. The highest BCUT2D eigenvalue weighted by Gasteiger charge is 2.21. The Morgan fingerprint density at radius 2 is 1.88 bits per heavy atom.